The number of carbonyl (C=O) groups is 2. The van der Waals surface area contributed by atoms with E-state index in [0.717, 1.165) is 18.4 Å². The lowest BCUT2D eigenvalue weighted by Crippen LogP contribution is -2.40. The van der Waals surface area contributed by atoms with Gasteiger partial charge in [0.15, 0.2) is 11.7 Å². The predicted molar refractivity (Wildman–Crippen MR) is 94.0 cm³/mol. The Balaban J connectivity index is 1.77. The van der Waals surface area contributed by atoms with Crippen molar-refractivity contribution >= 4 is 11.9 Å². The van der Waals surface area contributed by atoms with Crippen molar-refractivity contribution in [2.24, 2.45) is 0 Å². The van der Waals surface area contributed by atoms with Crippen LogP contribution >= 0.6 is 0 Å². The van der Waals surface area contributed by atoms with E-state index in [1.54, 1.807) is 6.20 Å². The zero-order chi connectivity index (χ0) is 18.1. The Bertz CT molecular complexity index is 682. The van der Waals surface area contributed by atoms with Gasteiger partial charge in [0, 0.05) is 18.4 Å². The minimum atomic E-state index is -0.984. The van der Waals surface area contributed by atoms with Gasteiger partial charge in [0.05, 0.1) is 6.20 Å². The minimum absolute atomic E-state index is 0.249. The molecule has 2 N–H and O–H groups in total. The van der Waals surface area contributed by atoms with Crippen LogP contribution in [-0.4, -0.2) is 28.0 Å². The molecule has 134 valence electrons. The van der Waals surface area contributed by atoms with E-state index in [2.05, 4.69) is 10.3 Å². The Morgan fingerprint density at radius 3 is 2.68 bits per heavy atom. The lowest BCUT2D eigenvalue weighted by atomic mass is 10.1. The first-order chi connectivity index (χ1) is 12.1. The molecule has 0 aliphatic carbocycles. The van der Waals surface area contributed by atoms with E-state index in [0.29, 0.717) is 30.9 Å². The van der Waals surface area contributed by atoms with E-state index in [4.69, 9.17) is 9.52 Å². The molecule has 1 aromatic carbocycles. The minimum Gasteiger partial charge on any atom is -0.480 e. The largest absolute Gasteiger partial charge is 0.480 e. The number of aryl methyl sites for hydroxylation is 1. The molecule has 0 spiro atoms. The van der Waals surface area contributed by atoms with Crippen molar-refractivity contribution in [3.8, 4) is 11.3 Å². The average Bonchev–Trinajstić information content (AvgIpc) is 3.08. The molecule has 25 heavy (non-hydrogen) atoms. The van der Waals surface area contributed by atoms with Crippen molar-refractivity contribution in [1.29, 1.82) is 0 Å². The lowest BCUT2D eigenvalue weighted by Gasteiger charge is -2.13. The summed E-state index contributed by atoms with van der Waals surface area (Å²) in [6.07, 6.45) is 5.14. The normalized spacial score (nSPS) is 11.9. The first kappa shape index (κ1) is 18.7. The van der Waals surface area contributed by atoms with Crippen LogP contribution in [0.4, 0.5) is 0 Å². The number of aliphatic carboxylic acids is 1. The van der Waals surface area contributed by atoms with Gasteiger partial charge in [0.2, 0.25) is 5.91 Å². The zero-order valence-corrected chi connectivity index (χ0v) is 14.4. The van der Waals surface area contributed by atoms with Gasteiger partial charge in [-0.15, -0.1) is 0 Å². The molecule has 0 saturated heterocycles. The van der Waals surface area contributed by atoms with Crippen molar-refractivity contribution in [3.63, 3.8) is 0 Å². The van der Waals surface area contributed by atoms with Gasteiger partial charge in [-0.05, 0) is 12.8 Å². The maximum Gasteiger partial charge on any atom is 0.326 e. The molecule has 1 amide bonds. The number of hydrogen-bond acceptors (Lipinski definition) is 4. The molecule has 0 aliphatic heterocycles. The van der Waals surface area contributed by atoms with Gasteiger partial charge < -0.3 is 14.8 Å². The number of carboxylic acid groups (broad SMARTS) is 1. The van der Waals surface area contributed by atoms with Crippen molar-refractivity contribution in [1.82, 2.24) is 10.3 Å². The fraction of sp³-hybridized carbons (Fsp3) is 0.421. The highest BCUT2D eigenvalue weighted by Crippen LogP contribution is 2.20. The van der Waals surface area contributed by atoms with Gasteiger partial charge in [-0.2, -0.15) is 0 Å². The lowest BCUT2D eigenvalue weighted by molar-refractivity contribution is -0.142. The summed E-state index contributed by atoms with van der Waals surface area (Å²) in [6, 6.07) is 8.88. The van der Waals surface area contributed by atoms with Gasteiger partial charge in [-0.25, -0.2) is 9.78 Å². The van der Waals surface area contributed by atoms with Crippen molar-refractivity contribution in [2.45, 2.75) is 51.5 Å². The number of unbranched alkanes of at least 4 members (excludes halogenated alkanes) is 1. The van der Waals surface area contributed by atoms with E-state index in [1.807, 2.05) is 37.3 Å². The number of nitrogens with one attached hydrogen (secondary N) is 1. The topological polar surface area (TPSA) is 92.4 Å². The summed E-state index contributed by atoms with van der Waals surface area (Å²) >= 11 is 0. The standard InChI is InChI=1S/C19H24N2O4/c1-2-3-10-15(19(23)24)21-17(22)11-7-12-18-20-13-16(25-18)14-8-5-4-6-9-14/h4-6,8-9,13,15H,2-3,7,10-12H2,1H3,(H,21,22)(H,23,24). The Morgan fingerprint density at radius 2 is 2.00 bits per heavy atom. The van der Waals surface area contributed by atoms with Crippen LogP contribution in [0.25, 0.3) is 11.3 Å². The molecule has 0 bridgehead atoms. The van der Waals surface area contributed by atoms with Gasteiger partial charge in [-0.3, -0.25) is 4.79 Å². The first-order valence-corrected chi connectivity index (χ1v) is 8.62. The number of rotatable bonds is 10. The number of oxazole rings is 1. The van der Waals surface area contributed by atoms with Crippen LogP contribution in [0.15, 0.2) is 40.9 Å². The molecule has 6 heteroatoms. The quantitative estimate of drug-likeness (QED) is 0.689. The van der Waals surface area contributed by atoms with Crippen LogP contribution in [-0.2, 0) is 16.0 Å². The van der Waals surface area contributed by atoms with Crippen LogP contribution in [0, 0.1) is 0 Å². The monoisotopic (exact) mass is 344 g/mol. The third kappa shape index (κ3) is 6.06. The van der Waals surface area contributed by atoms with E-state index in [9.17, 15) is 9.59 Å². The fourth-order valence-electron chi connectivity index (χ4n) is 2.49. The number of carboxylic acids is 1. The number of benzene rings is 1. The van der Waals surface area contributed by atoms with Crippen LogP contribution in [0.3, 0.4) is 0 Å². The maximum absolute atomic E-state index is 11.9. The second-order valence-electron chi connectivity index (χ2n) is 5.94. The molecule has 1 atom stereocenters. The van der Waals surface area contributed by atoms with E-state index >= 15 is 0 Å². The second-order valence-corrected chi connectivity index (χ2v) is 5.94. The van der Waals surface area contributed by atoms with Crippen LogP contribution in [0.5, 0.6) is 0 Å². The van der Waals surface area contributed by atoms with Crippen LogP contribution in [0.1, 0.15) is 44.9 Å². The first-order valence-electron chi connectivity index (χ1n) is 8.62. The fourth-order valence-corrected chi connectivity index (χ4v) is 2.49. The molecule has 2 rings (SSSR count). The molecule has 0 aliphatic rings. The molecule has 1 heterocycles. The summed E-state index contributed by atoms with van der Waals surface area (Å²) in [5, 5.41) is 11.7. The molecule has 0 fully saturated rings. The summed E-state index contributed by atoms with van der Waals surface area (Å²) in [6.45, 7) is 1.99. The summed E-state index contributed by atoms with van der Waals surface area (Å²) in [4.78, 5) is 27.3. The second kappa shape index (κ2) is 9.61. The smallest absolute Gasteiger partial charge is 0.326 e. The number of hydrogen-bond donors (Lipinski definition) is 2. The average molecular weight is 344 g/mol. The summed E-state index contributed by atoms with van der Waals surface area (Å²) in [7, 11) is 0. The van der Waals surface area contributed by atoms with Crippen LogP contribution < -0.4 is 5.32 Å². The Hall–Kier alpha value is -2.63. The number of amides is 1. The molecule has 1 unspecified atom stereocenters. The summed E-state index contributed by atoms with van der Waals surface area (Å²) in [5.74, 6) is 0.0401. The number of aromatic nitrogens is 1. The highest BCUT2D eigenvalue weighted by atomic mass is 16.4. The van der Waals surface area contributed by atoms with Gasteiger partial charge in [0.1, 0.15) is 6.04 Å². The van der Waals surface area contributed by atoms with Crippen molar-refractivity contribution < 1.29 is 19.1 Å². The highest BCUT2D eigenvalue weighted by molar-refractivity contribution is 5.83. The van der Waals surface area contributed by atoms with Crippen molar-refractivity contribution in [2.75, 3.05) is 0 Å². The maximum atomic E-state index is 11.9. The van der Waals surface area contributed by atoms with E-state index in [1.165, 1.54) is 0 Å². The highest BCUT2D eigenvalue weighted by Gasteiger charge is 2.19. The molecule has 2 aromatic rings. The SMILES string of the molecule is CCCCC(NC(=O)CCCc1ncc(-c2ccccc2)o1)C(=O)O. The van der Waals surface area contributed by atoms with E-state index < -0.39 is 12.0 Å². The third-order valence-electron chi connectivity index (χ3n) is 3.89. The summed E-state index contributed by atoms with van der Waals surface area (Å²) in [5.41, 5.74) is 0.958. The van der Waals surface area contributed by atoms with Crippen molar-refractivity contribution in [3.05, 3.63) is 42.4 Å². The Labute approximate surface area is 147 Å². The third-order valence-corrected chi connectivity index (χ3v) is 3.89. The van der Waals surface area contributed by atoms with Crippen LogP contribution in [0.2, 0.25) is 0 Å². The molecule has 6 nitrogen and oxygen atoms in total. The molecular weight excluding hydrogens is 320 g/mol. The Kier molecular flexibility index (Phi) is 7.19. The Morgan fingerprint density at radius 1 is 1.24 bits per heavy atom. The van der Waals surface area contributed by atoms with Gasteiger partial charge in [0.25, 0.3) is 0 Å². The number of carbonyl (C=O) groups excluding carboxylic acids is 1. The number of nitrogens with zero attached hydrogens (tertiary/aromatic N) is 1. The predicted octanol–water partition coefficient (Wildman–Crippen LogP) is 3.42. The molecule has 0 radical (unpaired) electrons. The molecule has 1 aromatic heterocycles. The van der Waals surface area contributed by atoms with E-state index in [-0.39, 0.29) is 12.3 Å². The molecule has 0 saturated carbocycles. The molecular formula is C19H24N2O4. The summed E-state index contributed by atoms with van der Waals surface area (Å²) < 4.78 is 5.69. The van der Waals surface area contributed by atoms with Gasteiger partial charge >= 0.3 is 5.97 Å². The zero-order valence-electron chi connectivity index (χ0n) is 14.4. The van der Waals surface area contributed by atoms with Gasteiger partial charge in [-0.1, -0.05) is 50.1 Å².